The van der Waals surface area contributed by atoms with Crippen molar-refractivity contribution in [3.8, 4) is 0 Å². The SMILES string of the molecule is Cn1ncnc1Cn1cccc(Br)c1=O. The molecule has 0 aliphatic rings. The fourth-order valence-electron chi connectivity index (χ4n) is 1.25. The molecule has 0 saturated carbocycles. The maximum atomic E-state index is 11.7. The summed E-state index contributed by atoms with van der Waals surface area (Å²) in [6.07, 6.45) is 3.19. The van der Waals surface area contributed by atoms with E-state index in [4.69, 9.17) is 0 Å². The van der Waals surface area contributed by atoms with E-state index in [1.807, 2.05) is 6.07 Å². The van der Waals surface area contributed by atoms with E-state index in [0.717, 1.165) is 5.82 Å². The summed E-state index contributed by atoms with van der Waals surface area (Å²) in [5.41, 5.74) is -0.0690. The van der Waals surface area contributed by atoms with Gasteiger partial charge in [0.15, 0.2) is 0 Å². The monoisotopic (exact) mass is 268 g/mol. The smallest absolute Gasteiger partial charge is 0.265 e. The van der Waals surface area contributed by atoms with Crippen LogP contribution in [0, 0.1) is 0 Å². The Labute approximate surface area is 94.5 Å². The largest absolute Gasteiger partial charge is 0.307 e. The van der Waals surface area contributed by atoms with Crippen LogP contribution in [0.3, 0.4) is 0 Å². The van der Waals surface area contributed by atoms with Gasteiger partial charge in [-0.25, -0.2) is 4.98 Å². The van der Waals surface area contributed by atoms with Gasteiger partial charge in [0.05, 0.1) is 11.0 Å². The zero-order chi connectivity index (χ0) is 10.8. The normalized spacial score (nSPS) is 10.5. The molecular formula is C9H9BrN4O. The Hall–Kier alpha value is -1.43. The van der Waals surface area contributed by atoms with Crippen LogP contribution in [-0.2, 0) is 13.6 Å². The standard InChI is InChI=1S/C9H9BrN4O/c1-13-8(11-6-12-13)5-14-4-2-3-7(10)9(14)15/h2-4,6H,5H2,1H3. The van der Waals surface area contributed by atoms with Crippen LogP contribution in [0.25, 0.3) is 0 Å². The maximum absolute atomic E-state index is 11.7. The van der Waals surface area contributed by atoms with E-state index < -0.39 is 0 Å². The minimum Gasteiger partial charge on any atom is -0.307 e. The third-order valence-electron chi connectivity index (χ3n) is 2.09. The second kappa shape index (κ2) is 3.98. The first kappa shape index (κ1) is 10.1. The van der Waals surface area contributed by atoms with Gasteiger partial charge in [0, 0.05) is 13.2 Å². The molecule has 0 fully saturated rings. The predicted octanol–water partition coefficient (Wildman–Crippen LogP) is 0.788. The number of hydrogen-bond donors (Lipinski definition) is 0. The Balaban J connectivity index is 2.37. The van der Waals surface area contributed by atoms with E-state index in [2.05, 4.69) is 26.0 Å². The molecule has 2 aromatic heterocycles. The van der Waals surface area contributed by atoms with Gasteiger partial charge in [-0.2, -0.15) is 5.10 Å². The van der Waals surface area contributed by atoms with Crippen LogP contribution in [0.5, 0.6) is 0 Å². The van der Waals surface area contributed by atoms with Crippen molar-refractivity contribution in [2.75, 3.05) is 0 Å². The summed E-state index contributed by atoms with van der Waals surface area (Å²) in [6, 6.07) is 3.53. The second-order valence-electron chi connectivity index (χ2n) is 3.09. The van der Waals surface area contributed by atoms with Crippen molar-refractivity contribution in [2.45, 2.75) is 6.54 Å². The van der Waals surface area contributed by atoms with Gasteiger partial charge in [0.2, 0.25) is 0 Å². The molecule has 0 aliphatic heterocycles. The average molecular weight is 269 g/mol. The van der Waals surface area contributed by atoms with Gasteiger partial charge in [-0.1, -0.05) is 0 Å². The van der Waals surface area contributed by atoms with E-state index in [-0.39, 0.29) is 5.56 Å². The molecule has 0 saturated heterocycles. The molecule has 2 heterocycles. The molecule has 15 heavy (non-hydrogen) atoms. The van der Waals surface area contributed by atoms with Gasteiger partial charge >= 0.3 is 0 Å². The Morgan fingerprint density at radius 2 is 2.33 bits per heavy atom. The highest BCUT2D eigenvalue weighted by Gasteiger charge is 2.04. The minimum absolute atomic E-state index is 0.0690. The number of halogens is 1. The van der Waals surface area contributed by atoms with Crippen molar-refractivity contribution in [3.63, 3.8) is 0 Å². The minimum atomic E-state index is -0.0690. The highest BCUT2D eigenvalue weighted by atomic mass is 79.9. The summed E-state index contributed by atoms with van der Waals surface area (Å²) in [4.78, 5) is 15.7. The van der Waals surface area contributed by atoms with Gasteiger partial charge in [0.25, 0.3) is 5.56 Å². The third-order valence-corrected chi connectivity index (χ3v) is 2.69. The van der Waals surface area contributed by atoms with E-state index in [1.165, 1.54) is 6.33 Å². The van der Waals surface area contributed by atoms with Crippen molar-refractivity contribution in [3.05, 3.63) is 45.3 Å². The number of nitrogens with zero attached hydrogens (tertiary/aromatic N) is 4. The molecule has 0 atom stereocenters. The lowest BCUT2D eigenvalue weighted by atomic mass is 10.4. The highest BCUT2D eigenvalue weighted by molar-refractivity contribution is 9.10. The second-order valence-corrected chi connectivity index (χ2v) is 3.94. The molecule has 78 valence electrons. The quantitative estimate of drug-likeness (QED) is 0.809. The lowest BCUT2D eigenvalue weighted by Crippen LogP contribution is -2.21. The van der Waals surface area contributed by atoms with Gasteiger partial charge in [-0.15, -0.1) is 0 Å². The van der Waals surface area contributed by atoms with Gasteiger partial charge in [-0.05, 0) is 28.1 Å². The van der Waals surface area contributed by atoms with Crippen molar-refractivity contribution >= 4 is 15.9 Å². The highest BCUT2D eigenvalue weighted by Crippen LogP contribution is 2.02. The van der Waals surface area contributed by atoms with Gasteiger partial charge < -0.3 is 4.57 Å². The zero-order valence-electron chi connectivity index (χ0n) is 8.09. The molecule has 0 radical (unpaired) electrons. The summed E-state index contributed by atoms with van der Waals surface area (Å²) >= 11 is 3.19. The topological polar surface area (TPSA) is 52.7 Å². The van der Waals surface area contributed by atoms with Gasteiger partial charge in [0.1, 0.15) is 12.2 Å². The predicted molar refractivity (Wildman–Crippen MR) is 58.5 cm³/mol. The lowest BCUT2D eigenvalue weighted by Gasteiger charge is -2.04. The number of pyridine rings is 1. The van der Waals surface area contributed by atoms with Crippen LogP contribution in [0.1, 0.15) is 5.82 Å². The molecule has 0 amide bonds. The zero-order valence-corrected chi connectivity index (χ0v) is 9.68. The third kappa shape index (κ3) is 1.99. The lowest BCUT2D eigenvalue weighted by molar-refractivity contribution is 0.639. The molecular weight excluding hydrogens is 260 g/mol. The molecule has 2 aromatic rings. The van der Waals surface area contributed by atoms with E-state index >= 15 is 0 Å². The summed E-state index contributed by atoms with van der Waals surface area (Å²) in [5, 5.41) is 3.94. The van der Waals surface area contributed by atoms with E-state index in [1.54, 1.807) is 28.6 Å². The first-order valence-electron chi connectivity index (χ1n) is 4.36. The van der Waals surface area contributed by atoms with E-state index in [0.29, 0.717) is 11.0 Å². The number of aryl methyl sites for hydroxylation is 1. The van der Waals surface area contributed by atoms with Crippen molar-refractivity contribution in [1.82, 2.24) is 19.3 Å². The first-order chi connectivity index (χ1) is 7.18. The summed E-state index contributed by atoms with van der Waals surface area (Å²) < 4.78 is 3.77. The fraction of sp³-hybridized carbons (Fsp3) is 0.222. The first-order valence-corrected chi connectivity index (χ1v) is 5.15. The molecule has 2 rings (SSSR count). The molecule has 0 spiro atoms. The summed E-state index contributed by atoms with van der Waals surface area (Å²) in [6.45, 7) is 0.425. The van der Waals surface area contributed by atoms with Crippen molar-refractivity contribution in [2.24, 2.45) is 7.05 Å². The van der Waals surface area contributed by atoms with Crippen LogP contribution >= 0.6 is 15.9 Å². The van der Waals surface area contributed by atoms with Crippen LogP contribution in [-0.4, -0.2) is 19.3 Å². The van der Waals surface area contributed by atoms with Crippen LogP contribution in [0.2, 0.25) is 0 Å². The fourth-order valence-corrected chi connectivity index (χ4v) is 1.63. The van der Waals surface area contributed by atoms with Crippen LogP contribution in [0.15, 0.2) is 33.9 Å². The summed E-state index contributed by atoms with van der Waals surface area (Å²) in [5.74, 6) is 0.746. The van der Waals surface area contributed by atoms with E-state index in [9.17, 15) is 4.79 Å². The Morgan fingerprint density at radius 1 is 1.53 bits per heavy atom. The van der Waals surface area contributed by atoms with Gasteiger partial charge in [-0.3, -0.25) is 9.48 Å². The molecule has 0 aliphatic carbocycles. The molecule has 0 bridgehead atoms. The Bertz CT molecular complexity index is 531. The number of rotatable bonds is 2. The molecule has 0 aromatic carbocycles. The van der Waals surface area contributed by atoms with Crippen molar-refractivity contribution < 1.29 is 0 Å². The van der Waals surface area contributed by atoms with Crippen LogP contribution < -0.4 is 5.56 Å². The Kier molecular flexibility index (Phi) is 2.68. The Morgan fingerprint density at radius 3 is 3.00 bits per heavy atom. The van der Waals surface area contributed by atoms with Crippen LogP contribution in [0.4, 0.5) is 0 Å². The number of aromatic nitrogens is 4. The summed E-state index contributed by atoms with van der Waals surface area (Å²) in [7, 11) is 1.80. The molecule has 0 unspecified atom stereocenters. The molecule has 0 N–H and O–H groups in total. The maximum Gasteiger partial charge on any atom is 0.265 e. The average Bonchev–Trinajstić information content (AvgIpc) is 2.60. The molecule has 6 heteroatoms. The van der Waals surface area contributed by atoms with Crippen molar-refractivity contribution in [1.29, 1.82) is 0 Å². The molecule has 5 nitrogen and oxygen atoms in total. The number of hydrogen-bond acceptors (Lipinski definition) is 3.